The van der Waals surface area contributed by atoms with Crippen LogP contribution in [-0.4, -0.2) is 10.7 Å². The molecular formula is C10H16N2O2. The highest BCUT2D eigenvalue weighted by Gasteiger charge is 2.61. The van der Waals surface area contributed by atoms with E-state index in [1.807, 2.05) is 0 Å². The summed E-state index contributed by atoms with van der Waals surface area (Å²) in [5.74, 6) is 0.589. The fourth-order valence-corrected chi connectivity index (χ4v) is 3.18. The third-order valence-corrected chi connectivity index (χ3v) is 4.71. The Morgan fingerprint density at radius 3 is 2.50 bits per heavy atom. The van der Waals surface area contributed by atoms with Gasteiger partial charge in [0.05, 0.1) is 10.8 Å². The monoisotopic (exact) mass is 196 g/mol. The van der Waals surface area contributed by atoms with E-state index in [0.717, 1.165) is 18.6 Å². The van der Waals surface area contributed by atoms with Crippen LogP contribution >= 0.6 is 0 Å². The molecule has 4 nitrogen and oxygen atoms in total. The lowest BCUT2D eigenvalue weighted by Gasteiger charge is -2.33. The standard InChI is InChI=1S/C10H16N2O2/c1-9(2)7-4-5-10(9,3)8(6-7)11-12(13)14/h7H,4-6H2,1-3H3/b11-8-/t7-,10-/m1/s1. The molecule has 78 valence electrons. The number of hydrogen-bond acceptors (Lipinski definition) is 2. The summed E-state index contributed by atoms with van der Waals surface area (Å²) >= 11 is 0. The maximum absolute atomic E-state index is 10.4. The fraction of sp³-hybridized carbons (Fsp3) is 0.900. The van der Waals surface area contributed by atoms with Gasteiger partial charge < -0.3 is 0 Å². The first-order valence-corrected chi connectivity index (χ1v) is 5.10. The van der Waals surface area contributed by atoms with Crippen LogP contribution in [0, 0.1) is 26.9 Å². The van der Waals surface area contributed by atoms with Gasteiger partial charge >= 0.3 is 0 Å². The second-order valence-corrected chi connectivity index (χ2v) is 5.28. The van der Waals surface area contributed by atoms with E-state index < -0.39 is 5.03 Å². The minimum atomic E-state index is -0.544. The molecule has 0 amide bonds. The summed E-state index contributed by atoms with van der Waals surface area (Å²) in [6.07, 6.45) is 3.07. The number of hydrogen-bond donors (Lipinski definition) is 0. The molecule has 2 saturated carbocycles. The van der Waals surface area contributed by atoms with Gasteiger partial charge in [-0.2, -0.15) is 0 Å². The molecular weight excluding hydrogens is 180 g/mol. The maximum atomic E-state index is 10.4. The van der Waals surface area contributed by atoms with Crippen LogP contribution in [0.1, 0.15) is 40.0 Å². The molecule has 2 rings (SSSR count). The molecule has 0 radical (unpaired) electrons. The Morgan fingerprint density at radius 2 is 2.14 bits per heavy atom. The number of rotatable bonds is 1. The Labute approximate surface area is 83.5 Å². The lowest BCUT2D eigenvalue weighted by atomic mass is 9.70. The molecule has 14 heavy (non-hydrogen) atoms. The average Bonchev–Trinajstić information content (AvgIpc) is 2.35. The number of nitrogens with zero attached hydrogens (tertiary/aromatic N) is 2. The van der Waals surface area contributed by atoms with Crippen LogP contribution in [0.4, 0.5) is 0 Å². The molecule has 0 aromatic carbocycles. The van der Waals surface area contributed by atoms with E-state index in [1.54, 1.807) is 0 Å². The van der Waals surface area contributed by atoms with Crippen LogP contribution in [0.5, 0.6) is 0 Å². The summed E-state index contributed by atoms with van der Waals surface area (Å²) < 4.78 is 0. The molecule has 4 heteroatoms. The normalized spacial score (nSPS) is 41.9. The Morgan fingerprint density at radius 1 is 1.50 bits per heavy atom. The van der Waals surface area contributed by atoms with E-state index in [1.165, 1.54) is 6.42 Å². The van der Waals surface area contributed by atoms with Crippen LogP contribution in [0.25, 0.3) is 0 Å². The predicted molar refractivity (Wildman–Crippen MR) is 53.7 cm³/mol. The molecule has 0 N–H and O–H groups in total. The molecule has 0 heterocycles. The molecule has 0 aromatic rings. The van der Waals surface area contributed by atoms with Gasteiger partial charge in [-0.1, -0.05) is 20.8 Å². The van der Waals surface area contributed by atoms with E-state index in [2.05, 4.69) is 25.9 Å². The van der Waals surface area contributed by atoms with E-state index in [0.29, 0.717) is 5.92 Å². The van der Waals surface area contributed by atoms with Crippen molar-refractivity contribution in [2.24, 2.45) is 21.8 Å². The molecule has 2 aliphatic rings. The third-order valence-electron chi connectivity index (χ3n) is 4.71. The Bertz CT molecular complexity index is 322. The second kappa shape index (κ2) is 2.55. The minimum absolute atomic E-state index is 0.0370. The first-order chi connectivity index (χ1) is 6.38. The third kappa shape index (κ3) is 0.967. The smallest absolute Gasteiger partial charge is 0.190 e. The number of hydrazone groups is 1. The van der Waals surface area contributed by atoms with Crippen LogP contribution in [0.15, 0.2) is 5.10 Å². The van der Waals surface area contributed by atoms with Gasteiger partial charge in [-0.25, -0.2) is 10.1 Å². The number of fused-ring (bicyclic) bond motifs is 2. The molecule has 2 aliphatic carbocycles. The lowest BCUT2D eigenvalue weighted by molar-refractivity contribution is -0.485. The van der Waals surface area contributed by atoms with Crippen molar-refractivity contribution < 1.29 is 5.03 Å². The SMILES string of the molecule is CC1(C)[C@@H]2CC[C@]1(C)/C(=N\[N+](=O)[O-])C2. The highest BCUT2D eigenvalue weighted by Crippen LogP contribution is 2.63. The quantitative estimate of drug-likeness (QED) is 0.478. The highest BCUT2D eigenvalue weighted by molar-refractivity contribution is 5.93. The summed E-state index contributed by atoms with van der Waals surface area (Å²) in [7, 11) is 0. The average molecular weight is 196 g/mol. The molecule has 0 spiro atoms. The molecule has 0 aromatic heterocycles. The van der Waals surface area contributed by atoms with Gasteiger partial charge in [0.2, 0.25) is 0 Å². The molecule has 0 saturated heterocycles. The van der Waals surface area contributed by atoms with Crippen molar-refractivity contribution in [3.63, 3.8) is 0 Å². The largest absolute Gasteiger partial charge is 0.233 e. The Kier molecular flexibility index (Phi) is 1.75. The zero-order chi connectivity index (χ0) is 10.6. The van der Waals surface area contributed by atoms with Gasteiger partial charge in [0.1, 0.15) is 0 Å². The van der Waals surface area contributed by atoms with Crippen molar-refractivity contribution in [2.75, 3.05) is 0 Å². The van der Waals surface area contributed by atoms with E-state index >= 15 is 0 Å². The summed E-state index contributed by atoms with van der Waals surface area (Å²) in [6.45, 7) is 6.56. The molecule has 2 fully saturated rings. The van der Waals surface area contributed by atoms with Gasteiger partial charge in [-0.15, -0.1) is 0 Å². The first kappa shape index (κ1) is 9.62. The van der Waals surface area contributed by atoms with E-state index in [4.69, 9.17) is 0 Å². The van der Waals surface area contributed by atoms with Crippen molar-refractivity contribution in [1.29, 1.82) is 0 Å². The van der Waals surface area contributed by atoms with Crippen molar-refractivity contribution in [1.82, 2.24) is 0 Å². The van der Waals surface area contributed by atoms with Crippen LogP contribution in [-0.2, 0) is 0 Å². The van der Waals surface area contributed by atoms with E-state index in [-0.39, 0.29) is 10.8 Å². The van der Waals surface area contributed by atoms with Gasteiger partial charge in [0.15, 0.2) is 5.03 Å². The molecule has 0 aliphatic heterocycles. The zero-order valence-electron chi connectivity index (χ0n) is 8.91. The summed E-state index contributed by atoms with van der Waals surface area (Å²) in [5.41, 5.74) is 0.954. The lowest BCUT2D eigenvalue weighted by Crippen LogP contribution is -2.32. The second-order valence-electron chi connectivity index (χ2n) is 5.28. The van der Waals surface area contributed by atoms with Crippen molar-refractivity contribution in [3.8, 4) is 0 Å². The highest BCUT2D eigenvalue weighted by atomic mass is 16.7. The predicted octanol–water partition coefficient (Wildman–Crippen LogP) is 2.47. The van der Waals surface area contributed by atoms with E-state index in [9.17, 15) is 10.1 Å². The first-order valence-electron chi connectivity index (χ1n) is 5.10. The van der Waals surface area contributed by atoms with Crippen molar-refractivity contribution >= 4 is 5.71 Å². The van der Waals surface area contributed by atoms with Gasteiger partial charge in [-0.3, -0.25) is 0 Å². The summed E-state index contributed by atoms with van der Waals surface area (Å²) in [4.78, 5) is 10.4. The Balaban J connectivity index is 2.41. The maximum Gasteiger partial charge on any atom is 0.190 e. The zero-order valence-corrected chi connectivity index (χ0v) is 8.91. The van der Waals surface area contributed by atoms with Crippen molar-refractivity contribution in [3.05, 3.63) is 10.1 Å². The molecule has 2 bridgehead atoms. The minimum Gasteiger partial charge on any atom is -0.233 e. The van der Waals surface area contributed by atoms with Crippen LogP contribution in [0.3, 0.4) is 0 Å². The summed E-state index contributed by atoms with van der Waals surface area (Å²) in [5, 5.41) is 13.4. The topological polar surface area (TPSA) is 55.5 Å². The van der Waals surface area contributed by atoms with Crippen LogP contribution < -0.4 is 0 Å². The van der Waals surface area contributed by atoms with Gasteiger partial charge in [0.25, 0.3) is 0 Å². The summed E-state index contributed by atoms with van der Waals surface area (Å²) in [6, 6.07) is 0. The van der Waals surface area contributed by atoms with Crippen LogP contribution in [0.2, 0.25) is 0 Å². The van der Waals surface area contributed by atoms with Crippen molar-refractivity contribution in [2.45, 2.75) is 40.0 Å². The molecule has 2 atom stereocenters. The number of nitro groups is 1. The fourth-order valence-electron chi connectivity index (χ4n) is 3.18. The molecule has 0 unspecified atom stereocenters. The van der Waals surface area contributed by atoms with Gasteiger partial charge in [0, 0.05) is 5.41 Å². The van der Waals surface area contributed by atoms with Gasteiger partial charge in [-0.05, 0) is 30.6 Å². The Hall–Kier alpha value is -0.930.